The van der Waals surface area contributed by atoms with Crippen LogP contribution in [0.2, 0.25) is 15.1 Å². The highest BCUT2D eigenvalue weighted by Crippen LogP contribution is 2.41. The molecule has 108 valence electrons. The molecule has 3 nitrogen and oxygen atoms in total. The fourth-order valence-electron chi connectivity index (χ4n) is 1.92. The van der Waals surface area contributed by atoms with Gasteiger partial charge < -0.3 is 10.0 Å². The van der Waals surface area contributed by atoms with Crippen LogP contribution < -0.4 is 0 Å². The van der Waals surface area contributed by atoms with Gasteiger partial charge in [-0.2, -0.15) is 0 Å². The van der Waals surface area contributed by atoms with Crippen LogP contribution in [0.1, 0.15) is 16.6 Å². The van der Waals surface area contributed by atoms with E-state index in [4.69, 9.17) is 39.9 Å². The Balaban J connectivity index is 2.53. The summed E-state index contributed by atoms with van der Waals surface area (Å²) in [6, 6.07) is 3.34. The Morgan fingerprint density at radius 1 is 1.35 bits per heavy atom. The average molecular weight is 353 g/mol. The second kappa shape index (κ2) is 6.50. The number of likely N-dealkylation sites (N-methyl/N-ethyl adjacent to an activating group) is 1. The maximum Gasteiger partial charge on any atom is 0.265 e. The minimum atomic E-state index is -0.208. The normalized spacial score (nSPS) is 11.1. The van der Waals surface area contributed by atoms with Crippen molar-refractivity contribution in [2.75, 3.05) is 19.7 Å². The SMILES string of the molecule is CCN(CCO)C(=O)c1sc2cc(Cl)cc(Cl)c2c1Cl. The fraction of sp³-hybridized carbons (Fsp3) is 0.308. The minimum absolute atomic E-state index is 0.0886. The number of benzene rings is 1. The van der Waals surface area contributed by atoms with Crippen LogP contribution in [0.4, 0.5) is 0 Å². The number of nitrogens with zero attached hydrogens (tertiary/aromatic N) is 1. The van der Waals surface area contributed by atoms with Crippen molar-refractivity contribution in [1.82, 2.24) is 4.90 Å². The molecule has 1 amide bonds. The van der Waals surface area contributed by atoms with Gasteiger partial charge in [-0.05, 0) is 19.1 Å². The van der Waals surface area contributed by atoms with E-state index in [-0.39, 0.29) is 19.1 Å². The third kappa shape index (κ3) is 2.90. The first-order valence-electron chi connectivity index (χ1n) is 5.96. The maximum atomic E-state index is 12.4. The first kappa shape index (κ1) is 15.9. The maximum absolute atomic E-state index is 12.4. The van der Waals surface area contributed by atoms with Gasteiger partial charge in [-0.3, -0.25) is 4.79 Å². The molecule has 7 heteroatoms. The molecule has 2 aromatic rings. The molecule has 0 aliphatic carbocycles. The monoisotopic (exact) mass is 351 g/mol. The Morgan fingerprint density at radius 3 is 2.65 bits per heavy atom. The zero-order valence-electron chi connectivity index (χ0n) is 10.6. The number of hydrogen-bond acceptors (Lipinski definition) is 3. The lowest BCUT2D eigenvalue weighted by Gasteiger charge is -2.18. The topological polar surface area (TPSA) is 40.5 Å². The van der Waals surface area contributed by atoms with Gasteiger partial charge in [0, 0.05) is 28.2 Å². The van der Waals surface area contributed by atoms with Crippen LogP contribution in [0.25, 0.3) is 10.1 Å². The zero-order chi connectivity index (χ0) is 14.9. The minimum Gasteiger partial charge on any atom is -0.395 e. The Hall–Kier alpha value is -0.520. The number of aliphatic hydroxyl groups is 1. The standard InChI is InChI=1S/C13H12Cl3NO2S/c1-2-17(3-4-18)13(19)12-11(16)10-8(15)5-7(14)6-9(10)20-12/h5-6,18H,2-4H2,1H3. The summed E-state index contributed by atoms with van der Waals surface area (Å²) in [5.74, 6) is -0.208. The smallest absolute Gasteiger partial charge is 0.265 e. The van der Waals surface area contributed by atoms with E-state index in [2.05, 4.69) is 0 Å². The predicted octanol–water partition coefficient (Wildman–Crippen LogP) is 4.32. The van der Waals surface area contributed by atoms with Gasteiger partial charge in [0.15, 0.2) is 0 Å². The molecule has 0 radical (unpaired) electrons. The summed E-state index contributed by atoms with van der Waals surface area (Å²) in [5, 5.41) is 10.9. The van der Waals surface area contributed by atoms with Gasteiger partial charge in [-0.1, -0.05) is 34.8 Å². The van der Waals surface area contributed by atoms with Crippen LogP contribution in [0.5, 0.6) is 0 Å². The van der Waals surface area contributed by atoms with E-state index in [1.54, 1.807) is 12.1 Å². The van der Waals surface area contributed by atoms with Crippen molar-refractivity contribution in [2.24, 2.45) is 0 Å². The molecule has 1 aromatic carbocycles. The molecule has 0 spiro atoms. The second-order valence-corrected chi connectivity index (χ2v) is 6.39. The first-order chi connectivity index (χ1) is 9.49. The van der Waals surface area contributed by atoms with E-state index >= 15 is 0 Å². The van der Waals surface area contributed by atoms with Gasteiger partial charge in [0.1, 0.15) is 4.88 Å². The number of halogens is 3. The molecule has 1 aromatic heterocycles. The van der Waals surface area contributed by atoms with Gasteiger partial charge in [0.2, 0.25) is 0 Å². The molecule has 0 atom stereocenters. The summed E-state index contributed by atoms with van der Waals surface area (Å²) in [5.41, 5.74) is 0. The number of carbonyl (C=O) groups is 1. The molecule has 0 bridgehead atoms. The summed E-state index contributed by atoms with van der Waals surface area (Å²) in [7, 11) is 0. The molecular weight excluding hydrogens is 341 g/mol. The van der Waals surface area contributed by atoms with Crippen LogP contribution in [0.15, 0.2) is 12.1 Å². The Bertz CT molecular complexity index is 657. The molecule has 0 saturated heterocycles. The molecular formula is C13H12Cl3NO2S. The van der Waals surface area contributed by atoms with Gasteiger partial charge in [-0.15, -0.1) is 11.3 Å². The predicted molar refractivity (Wildman–Crippen MR) is 85.5 cm³/mol. The summed E-state index contributed by atoms with van der Waals surface area (Å²) >= 11 is 19.6. The molecule has 0 fully saturated rings. The Morgan fingerprint density at radius 2 is 2.05 bits per heavy atom. The van der Waals surface area contributed by atoms with Crippen molar-refractivity contribution in [3.8, 4) is 0 Å². The van der Waals surface area contributed by atoms with Gasteiger partial charge in [0.25, 0.3) is 5.91 Å². The van der Waals surface area contributed by atoms with Gasteiger partial charge in [0.05, 0.1) is 16.7 Å². The van der Waals surface area contributed by atoms with Crippen molar-refractivity contribution in [1.29, 1.82) is 0 Å². The number of thiophene rings is 1. The number of fused-ring (bicyclic) bond motifs is 1. The van der Waals surface area contributed by atoms with Crippen molar-refractivity contribution < 1.29 is 9.90 Å². The number of aliphatic hydroxyl groups excluding tert-OH is 1. The van der Waals surface area contributed by atoms with Crippen LogP contribution >= 0.6 is 46.1 Å². The molecule has 1 N–H and O–H groups in total. The largest absolute Gasteiger partial charge is 0.395 e. The summed E-state index contributed by atoms with van der Waals surface area (Å²) in [6.07, 6.45) is 0. The van der Waals surface area contributed by atoms with Crippen molar-refractivity contribution in [2.45, 2.75) is 6.92 Å². The highest BCUT2D eigenvalue weighted by atomic mass is 35.5. The lowest BCUT2D eigenvalue weighted by atomic mass is 10.2. The van der Waals surface area contributed by atoms with E-state index in [1.165, 1.54) is 16.2 Å². The van der Waals surface area contributed by atoms with Crippen molar-refractivity contribution >= 4 is 62.1 Å². The van der Waals surface area contributed by atoms with E-state index in [1.807, 2.05) is 6.92 Å². The first-order valence-corrected chi connectivity index (χ1v) is 7.91. The molecule has 0 aliphatic heterocycles. The van der Waals surface area contributed by atoms with E-state index in [0.29, 0.717) is 31.9 Å². The third-order valence-corrected chi connectivity index (χ3v) is 5.01. The quantitative estimate of drug-likeness (QED) is 0.890. The second-order valence-electron chi connectivity index (χ2n) is 4.11. The molecule has 1 heterocycles. The number of rotatable bonds is 4. The summed E-state index contributed by atoms with van der Waals surface area (Å²) in [6.45, 7) is 2.53. The highest BCUT2D eigenvalue weighted by Gasteiger charge is 2.23. The summed E-state index contributed by atoms with van der Waals surface area (Å²) in [4.78, 5) is 14.4. The third-order valence-electron chi connectivity index (χ3n) is 2.88. The highest BCUT2D eigenvalue weighted by molar-refractivity contribution is 7.21. The van der Waals surface area contributed by atoms with Gasteiger partial charge >= 0.3 is 0 Å². The zero-order valence-corrected chi connectivity index (χ0v) is 13.7. The lowest BCUT2D eigenvalue weighted by Crippen LogP contribution is -2.32. The fourth-order valence-corrected chi connectivity index (χ4v) is 4.26. The van der Waals surface area contributed by atoms with E-state index < -0.39 is 0 Å². The number of amides is 1. The molecule has 0 saturated carbocycles. The molecule has 20 heavy (non-hydrogen) atoms. The average Bonchev–Trinajstić information content (AvgIpc) is 2.72. The Labute approximate surface area is 135 Å². The van der Waals surface area contributed by atoms with Crippen LogP contribution in [-0.4, -0.2) is 35.6 Å². The molecule has 0 aliphatic rings. The van der Waals surface area contributed by atoms with Crippen LogP contribution in [0, 0.1) is 0 Å². The molecule has 0 unspecified atom stereocenters. The van der Waals surface area contributed by atoms with Crippen molar-refractivity contribution in [3.05, 3.63) is 32.1 Å². The van der Waals surface area contributed by atoms with Crippen LogP contribution in [-0.2, 0) is 0 Å². The van der Waals surface area contributed by atoms with Crippen LogP contribution in [0.3, 0.4) is 0 Å². The van der Waals surface area contributed by atoms with Crippen molar-refractivity contribution in [3.63, 3.8) is 0 Å². The Kier molecular flexibility index (Phi) is 5.15. The van der Waals surface area contributed by atoms with Gasteiger partial charge in [-0.25, -0.2) is 0 Å². The van der Waals surface area contributed by atoms with E-state index in [9.17, 15) is 4.79 Å². The number of carbonyl (C=O) groups excluding carboxylic acids is 1. The lowest BCUT2D eigenvalue weighted by molar-refractivity contribution is 0.0737. The summed E-state index contributed by atoms with van der Waals surface area (Å²) < 4.78 is 0.774. The molecule has 2 rings (SSSR count). The number of hydrogen-bond donors (Lipinski definition) is 1. The van der Waals surface area contributed by atoms with E-state index in [0.717, 1.165) is 4.70 Å².